The number of furan rings is 1. The number of rotatable bonds is 5. The minimum Gasteiger partial charge on any atom is -0.451 e. The van der Waals surface area contributed by atoms with Gasteiger partial charge in [0, 0.05) is 18.5 Å². The van der Waals surface area contributed by atoms with E-state index in [0.29, 0.717) is 24.8 Å². The molecule has 2 heterocycles. The first-order valence-corrected chi connectivity index (χ1v) is 9.18. The normalized spacial score (nSPS) is 24.5. The van der Waals surface area contributed by atoms with Crippen LogP contribution in [0.2, 0.25) is 0 Å². The zero-order valence-corrected chi connectivity index (χ0v) is 14.2. The Morgan fingerprint density at radius 1 is 1.25 bits per heavy atom. The maximum atomic E-state index is 13.0. The molecule has 1 aromatic heterocycles. The molecule has 1 aliphatic heterocycles. The lowest BCUT2D eigenvalue weighted by Crippen LogP contribution is -2.50. The van der Waals surface area contributed by atoms with Crippen LogP contribution < -0.4 is 0 Å². The molecule has 1 amide bonds. The van der Waals surface area contributed by atoms with Crippen molar-refractivity contribution in [3.05, 3.63) is 36.1 Å². The van der Waals surface area contributed by atoms with Crippen molar-refractivity contribution in [2.24, 2.45) is 5.92 Å². The van der Waals surface area contributed by atoms with Gasteiger partial charge in [0.2, 0.25) is 0 Å². The average molecular weight is 327 g/mol. The first-order valence-electron chi connectivity index (χ1n) is 9.18. The van der Waals surface area contributed by atoms with Gasteiger partial charge in [-0.15, -0.1) is 0 Å². The molecule has 1 aromatic carbocycles. The zero-order valence-electron chi connectivity index (χ0n) is 14.2. The first kappa shape index (κ1) is 15.7. The van der Waals surface area contributed by atoms with Gasteiger partial charge in [0.1, 0.15) is 5.58 Å². The number of hydrogen-bond acceptors (Lipinski definition) is 3. The van der Waals surface area contributed by atoms with E-state index < -0.39 is 0 Å². The van der Waals surface area contributed by atoms with Crippen molar-refractivity contribution in [1.82, 2.24) is 4.90 Å². The van der Waals surface area contributed by atoms with Crippen molar-refractivity contribution in [2.45, 2.75) is 51.2 Å². The molecular weight excluding hydrogens is 302 g/mol. The van der Waals surface area contributed by atoms with Crippen molar-refractivity contribution in [3.8, 4) is 0 Å². The Morgan fingerprint density at radius 2 is 2.08 bits per heavy atom. The highest BCUT2D eigenvalue weighted by molar-refractivity contribution is 5.96. The minimum absolute atomic E-state index is 0.00153. The van der Waals surface area contributed by atoms with Gasteiger partial charge in [-0.05, 0) is 37.3 Å². The van der Waals surface area contributed by atoms with E-state index in [2.05, 4.69) is 6.92 Å². The van der Waals surface area contributed by atoms with Crippen LogP contribution in [0, 0.1) is 5.92 Å². The summed E-state index contributed by atoms with van der Waals surface area (Å²) in [5.41, 5.74) is 0.774. The van der Waals surface area contributed by atoms with Crippen LogP contribution in [0.1, 0.15) is 49.6 Å². The SMILES string of the molecule is CCCC[C@@H]1CN(C(=O)c2cc3ccccc3o2)C[C@H](C2CC2)O1. The topological polar surface area (TPSA) is 42.7 Å². The number of amides is 1. The van der Waals surface area contributed by atoms with E-state index in [1.54, 1.807) is 0 Å². The smallest absolute Gasteiger partial charge is 0.289 e. The average Bonchev–Trinajstić information content (AvgIpc) is 3.37. The van der Waals surface area contributed by atoms with E-state index in [1.165, 1.54) is 12.8 Å². The lowest BCUT2D eigenvalue weighted by atomic mass is 10.1. The fraction of sp³-hybridized carbons (Fsp3) is 0.550. The van der Waals surface area contributed by atoms with Crippen LogP contribution >= 0.6 is 0 Å². The van der Waals surface area contributed by atoms with Gasteiger partial charge in [0.25, 0.3) is 5.91 Å². The zero-order chi connectivity index (χ0) is 16.5. The molecular formula is C20H25NO3. The quantitative estimate of drug-likeness (QED) is 0.825. The lowest BCUT2D eigenvalue weighted by molar-refractivity contribution is -0.0878. The maximum absolute atomic E-state index is 13.0. The summed E-state index contributed by atoms with van der Waals surface area (Å²) in [5.74, 6) is 1.09. The number of benzene rings is 1. The summed E-state index contributed by atoms with van der Waals surface area (Å²) in [5, 5.41) is 0.982. The second kappa shape index (κ2) is 6.60. The highest BCUT2D eigenvalue weighted by Crippen LogP contribution is 2.37. The van der Waals surface area contributed by atoms with Crippen LogP contribution in [0.5, 0.6) is 0 Å². The number of para-hydroxylation sites is 1. The molecule has 4 rings (SSSR count). The Kier molecular flexibility index (Phi) is 4.31. The van der Waals surface area contributed by atoms with E-state index in [0.717, 1.165) is 30.2 Å². The molecule has 1 aliphatic carbocycles. The highest BCUT2D eigenvalue weighted by Gasteiger charge is 2.40. The Hall–Kier alpha value is -1.81. The Balaban J connectivity index is 1.52. The molecule has 0 unspecified atom stereocenters. The van der Waals surface area contributed by atoms with Crippen LogP contribution in [0.4, 0.5) is 0 Å². The standard InChI is InChI=1S/C20H25NO3/c1-2-3-7-16-12-21(13-19(23-16)14-9-10-14)20(22)18-11-15-6-4-5-8-17(15)24-18/h4-6,8,11,14,16,19H,2-3,7,9-10,12-13H2,1H3/t16-,19-/m1/s1. The molecule has 0 N–H and O–H groups in total. The van der Waals surface area contributed by atoms with Crippen LogP contribution in [-0.2, 0) is 4.74 Å². The fourth-order valence-corrected chi connectivity index (χ4v) is 3.60. The Morgan fingerprint density at radius 3 is 2.83 bits per heavy atom. The molecule has 4 nitrogen and oxygen atoms in total. The number of carbonyl (C=O) groups excluding carboxylic acids is 1. The molecule has 0 spiro atoms. The van der Waals surface area contributed by atoms with Crippen molar-refractivity contribution >= 4 is 16.9 Å². The summed E-state index contributed by atoms with van der Waals surface area (Å²) in [6.07, 6.45) is 6.17. The van der Waals surface area contributed by atoms with Gasteiger partial charge in [-0.25, -0.2) is 0 Å². The summed E-state index contributed by atoms with van der Waals surface area (Å²) in [4.78, 5) is 14.9. The summed E-state index contributed by atoms with van der Waals surface area (Å²) in [6, 6.07) is 9.64. The number of morpholine rings is 1. The second-order valence-electron chi connectivity index (χ2n) is 7.13. The predicted octanol–water partition coefficient (Wildman–Crippen LogP) is 4.24. The summed E-state index contributed by atoms with van der Waals surface area (Å²) in [7, 11) is 0. The van der Waals surface area contributed by atoms with Crippen molar-refractivity contribution in [3.63, 3.8) is 0 Å². The van der Waals surface area contributed by atoms with E-state index in [4.69, 9.17) is 9.15 Å². The van der Waals surface area contributed by atoms with Gasteiger partial charge >= 0.3 is 0 Å². The van der Waals surface area contributed by atoms with Crippen LogP contribution in [0.25, 0.3) is 11.0 Å². The summed E-state index contributed by atoms with van der Waals surface area (Å²) >= 11 is 0. The van der Waals surface area contributed by atoms with Gasteiger partial charge in [-0.3, -0.25) is 4.79 Å². The van der Waals surface area contributed by atoms with Gasteiger partial charge in [-0.1, -0.05) is 38.0 Å². The monoisotopic (exact) mass is 327 g/mol. The van der Waals surface area contributed by atoms with E-state index in [9.17, 15) is 4.79 Å². The number of hydrogen-bond donors (Lipinski definition) is 0. The Labute approximate surface area is 142 Å². The molecule has 2 fully saturated rings. The van der Waals surface area contributed by atoms with Crippen LogP contribution in [-0.4, -0.2) is 36.1 Å². The second-order valence-corrected chi connectivity index (χ2v) is 7.13. The highest BCUT2D eigenvalue weighted by atomic mass is 16.5. The van der Waals surface area contributed by atoms with E-state index >= 15 is 0 Å². The van der Waals surface area contributed by atoms with Crippen molar-refractivity contribution < 1.29 is 13.9 Å². The number of ether oxygens (including phenoxy) is 1. The third-order valence-electron chi connectivity index (χ3n) is 5.14. The molecule has 128 valence electrons. The van der Waals surface area contributed by atoms with Crippen LogP contribution in [0.3, 0.4) is 0 Å². The maximum Gasteiger partial charge on any atom is 0.289 e. The first-order chi connectivity index (χ1) is 11.7. The fourth-order valence-electron chi connectivity index (χ4n) is 3.60. The van der Waals surface area contributed by atoms with Crippen LogP contribution in [0.15, 0.2) is 34.7 Å². The molecule has 2 atom stereocenters. The number of nitrogens with zero attached hydrogens (tertiary/aromatic N) is 1. The van der Waals surface area contributed by atoms with Gasteiger partial charge in [-0.2, -0.15) is 0 Å². The molecule has 4 heteroatoms. The van der Waals surface area contributed by atoms with Gasteiger partial charge in [0.15, 0.2) is 5.76 Å². The number of fused-ring (bicyclic) bond motifs is 1. The lowest BCUT2D eigenvalue weighted by Gasteiger charge is -2.38. The molecule has 1 saturated carbocycles. The molecule has 0 radical (unpaired) electrons. The molecule has 2 aliphatic rings. The van der Waals surface area contributed by atoms with Gasteiger partial charge < -0.3 is 14.1 Å². The van der Waals surface area contributed by atoms with E-state index in [1.807, 2.05) is 35.2 Å². The third-order valence-corrected chi connectivity index (χ3v) is 5.14. The number of unbranched alkanes of at least 4 members (excludes halogenated alkanes) is 1. The third kappa shape index (κ3) is 3.20. The largest absolute Gasteiger partial charge is 0.451 e. The summed E-state index contributed by atoms with van der Waals surface area (Å²) in [6.45, 7) is 3.57. The predicted molar refractivity (Wildman–Crippen MR) is 93.0 cm³/mol. The molecule has 2 aromatic rings. The summed E-state index contributed by atoms with van der Waals surface area (Å²) < 4.78 is 12.0. The van der Waals surface area contributed by atoms with E-state index in [-0.39, 0.29) is 18.1 Å². The Bertz CT molecular complexity index is 685. The van der Waals surface area contributed by atoms with Gasteiger partial charge in [0.05, 0.1) is 12.2 Å². The molecule has 1 saturated heterocycles. The molecule has 24 heavy (non-hydrogen) atoms. The van der Waals surface area contributed by atoms with Crippen molar-refractivity contribution in [2.75, 3.05) is 13.1 Å². The minimum atomic E-state index is 0.00153. The van der Waals surface area contributed by atoms with Crippen molar-refractivity contribution in [1.29, 1.82) is 0 Å². The molecule has 0 bridgehead atoms. The number of carbonyl (C=O) groups is 1.